The highest BCUT2D eigenvalue weighted by atomic mass is 79.9. The van der Waals surface area contributed by atoms with E-state index in [4.69, 9.17) is 10.3 Å². The number of thioether (sulfide) groups is 1. The fourth-order valence-corrected chi connectivity index (χ4v) is 2.38. The number of hydrogen-bond acceptors (Lipinski definition) is 6. The Morgan fingerprint density at radius 1 is 1.56 bits per heavy atom. The van der Waals surface area contributed by atoms with Crippen LogP contribution >= 0.6 is 27.7 Å². The number of nitrogens with two attached hydrogens (primary N) is 1. The summed E-state index contributed by atoms with van der Waals surface area (Å²) in [7, 11) is 0. The number of hydrazine groups is 1. The van der Waals surface area contributed by atoms with E-state index in [0.29, 0.717) is 11.7 Å². The van der Waals surface area contributed by atoms with Crippen LogP contribution in [0.2, 0.25) is 0 Å². The van der Waals surface area contributed by atoms with E-state index in [9.17, 15) is 0 Å². The Morgan fingerprint density at radius 2 is 2.44 bits per heavy atom. The van der Waals surface area contributed by atoms with E-state index in [1.165, 1.54) is 0 Å². The maximum Gasteiger partial charge on any atom is 0.238 e. The molecule has 0 saturated heterocycles. The first-order chi connectivity index (χ1) is 7.79. The van der Waals surface area contributed by atoms with Gasteiger partial charge >= 0.3 is 0 Å². The molecule has 0 unspecified atom stereocenters. The highest BCUT2D eigenvalue weighted by Crippen LogP contribution is 2.28. The molecule has 2 rings (SSSR count). The summed E-state index contributed by atoms with van der Waals surface area (Å²) in [4.78, 5) is 8.19. The van der Waals surface area contributed by atoms with Crippen LogP contribution in [0.4, 0.5) is 5.95 Å². The van der Waals surface area contributed by atoms with Gasteiger partial charge in [-0.15, -0.1) is 0 Å². The zero-order valence-corrected chi connectivity index (χ0v) is 10.6. The lowest BCUT2D eigenvalue weighted by molar-refractivity contribution is 0.530. The average molecular weight is 301 g/mol. The number of hydrogen-bond donors (Lipinski definition) is 2. The molecule has 0 aliphatic rings. The van der Waals surface area contributed by atoms with Gasteiger partial charge in [0, 0.05) is 6.20 Å². The van der Waals surface area contributed by atoms with Crippen molar-refractivity contribution in [2.75, 3.05) is 5.43 Å². The van der Waals surface area contributed by atoms with Crippen LogP contribution in [0.3, 0.4) is 0 Å². The Labute approximate surface area is 105 Å². The third-order valence-electron chi connectivity index (χ3n) is 1.77. The molecular weight excluding hydrogens is 292 g/mol. The molecule has 3 N–H and O–H groups in total. The van der Waals surface area contributed by atoms with Crippen molar-refractivity contribution in [1.29, 1.82) is 0 Å². The minimum Gasteiger partial charge on any atom is -0.468 e. The smallest absolute Gasteiger partial charge is 0.238 e. The van der Waals surface area contributed by atoms with Gasteiger partial charge in [0.15, 0.2) is 0 Å². The molecule has 0 aromatic carbocycles. The Bertz CT molecular complexity index is 463. The number of furan rings is 1. The van der Waals surface area contributed by atoms with Crippen molar-refractivity contribution in [2.24, 2.45) is 5.84 Å². The third kappa shape index (κ3) is 2.75. The van der Waals surface area contributed by atoms with E-state index in [-0.39, 0.29) is 0 Å². The minimum atomic E-state index is 0.394. The summed E-state index contributed by atoms with van der Waals surface area (Å²) >= 11 is 4.93. The summed E-state index contributed by atoms with van der Waals surface area (Å²) in [5.74, 6) is 7.25. The van der Waals surface area contributed by atoms with Crippen molar-refractivity contribution in [2.45, 2.75) is 10.8 Å². The Morgan fingerprint density at radius 3 is 3.12 bits per heavy atom. The van der Waals surface area contributed by atoms with Crippen molar-refractivity contribution < 1.29 is 4.42 Å². The molecule has 2 heterocycles. The van der Waals surface area contributed by atoms with E-state index >= 15 is 0 Å². The second-order valence-corrected chi connectivity index (χ2v) is 4.68. The van der Waals surface area contributed by atoms with Gasteiger partial charge in [0.05, 0.1) is 16.5 Å². The van der Waals surface area contributed by atoms with Crippen LogP contribution in [-0.4, -0.2) is 9.97 Å². The van der Waals surface area contributed by atoms with E-state index in [1.54, 1.807) is 24.2 Å². The van der Waals surface area contributed by atoms with Gasteiger partial charge in [-0.3, -0.25) is 5.43 Å². The minimum absolute atomic E-state index is 0.394. The SMILES string of the molecule is NNc1ncc(Br)c(SCc2ccco2)n1. The second-order valence-electron chi connectivity index (χ2n) is 2.86. The standard InChI is InChI=1S/C9H9BrN4OS/c10-7-4-12-9(14-11)13-8(7)16-5-6-2-1-3-15-6/h1-4H,5,11H2,(H,12,13,14). The van der Waals surface area contributed by atoms with Crippen molar-refractivity contribution >= 4 is 33.6 Å². The van der Waals surface area contributed by atoms with Gasteiger partial charge in [-0.05, 0) is 28.1 Å². The van der Waals surface area contributed by atoms with Gasteiger partial charge < -0.3 is 4.42 Å². The first-order valence-corrected chi connectivity index (χ1v) is 6.22. The quantitative estimate of drug-likeness (QED) is 0.391. The molecular formula is C9H9BrN4OS. The molecule has 0 radical (unpaired) electrons. The molecule has 5 nitrogen and oxygen atoms in total. The number of aromatic nitrogens is 2. The van der Waals surface area contributed by atoms with Crippen molar-refractivity contribution in [3.63, 3.8) is 0 Å². The number of halogens is 1. The van der Waals surface area contributed by atoms with Gasteiger partial charge in [0.2, 0.25) is 5.95 Å². The number of nitrogens with zero attached hydrogens (tertiary/aromatic N) is 2. The highest BCUT2D eigenvalue weighted by molar-refractivity contribution is 9.10. The monoisotopic (exact) mass is 300 g/mol. The molecule has 0 aliphatic heterocycles. The van der Waals surface area contributed by atoms with Gasteiger partial charge in [-0.25, -0.2) is 15.8 Å². The third-order valence-corrected chi connectivity index (χ3v) is 3.63. The van der Waals surface area contributed by atoms with Crippen LogP contribution in [0.25, 0.3) is 0 Å². The lowest BCUT2D eigenvalue weighted by Gasteiger charge is -2.03. The van der Waals surface area contributed by atoms with Gasteiger partial charge in [-0.1, -0.05) is 11.8 Å². The molecule has 0 spiro atoms. The molecule has 0 fully saturated rings. The van der Waals surface area contributed by atoms with Gasteiger partial charge in [0.1, 0.15) is 10.8 Å². The fraction of sp³-hybridized carbons (Fsp3) is 0.111. The summed E-state index contributed by atoms with van der Waals surface area (Å²) in [5, 5.41) is 0.819. The number of anilines is 1. The van der Waals surface area contributed by atoms with Crippen LogP contribution in [0.15, 0.2) is 38.5 Å². The van der Waals surface area contributed by atoms with E-state index < -0.39 is 0 Å². The maximum atomic E-state index is 5.24. The zero-order chi connectivity index (χ0) is 11.4. The summed E-state index contributed by atoms with van der Waals surface area (Å²) in [5.41, 5.74) is 2.41. The topological polar surface area (TPSA) is 77.0 Å². The summed E-state index contributed by atoms with van der Waals surface area (Å²) in [6, 6.07) is 3.78. The van der Waals surface area contributed by atoms with Crippen molar-refractivity contribution in [1.82, 2.24) is 9.97 Å². The maximum absolute atomic E-state index is 5.24. The molecule has 84 valence electrons. The lowest BCUT2D eigenvalue weighted by Crippen LogP contribution is -2.10. The Hall–Kier alpha value is -1.05. The van der Waals surface area contributed by atoms with Crippen LogP contribution < -0.4 is 11.3 Å². The first-order valence-electron chi connectivity index (χ1n) is 4.44. The second kappa shape index (κ2) is 5.33. The molecule has 7 heteroatoms. The predicted molar refractivity (Wildman–Crippen MR) is 65.8 cm³/mol. The van der Waals surface area contributed by atoms with E-state index in [2.05, 4.69) is 31.3 Å². The van der Waals surface area contributed by atoms with Crippen LogP contribution in [0, 0.1) is 0 Å². The van der Waals surface area contributed by atoms with Crippen LogP contribution in [0.5, 0.6) is 0 Å². The van der Waals surface area contributed by atoms with Crippen molar-refractivity contribution in [3.8, 4) is 0 Å². The largest absolute Gasteiger partial charge is 0.468 e. The number of nitrogen functional groups attached to an aromatic ring is 1. The fourth-order valence-electron chi connectivity index (χ4n) is 1.06. The molecule has 0 amide bonds. The molecule has 2 aromatic rings. The average Bonchev–Trinajstić information content (AvgIpc) is 2.81. The number of rotatable bonds is 4. The summed E-state index contributed by atoms with van der Waals surface area (Å²) < 4.78 is 6.07. The molecule has 16 heavy (non-hydrogen) atoms. The normalized spacial score (nSPS) is 10.4. The summed E-state index contributed by atoms with van der Waals surface area (Å²) in [6.07, 6.45) is 3.31. The van der Waals surface area contributed by atoms with Crippen molar-refractivity contribution in [3.05, 3.63) is 34.8 Å². The lowest BCUT2D eigenvalue weighted by atomic mass is 10.5. The van der Waals surface area contributed by atoms with E-state index in [0.717, 1.165) is 15.3 Å². The first kappa shape index (κ1) is 11.4. The van der Waals surface area contributed by atoms with E-state index in [1.807, 2.05) is 12.1 Å². The Kier molecular flexibility index (Phi) is 3.81. The molecule has 0 aliphatic carbocycles. The zero-order valence-electron chi connectivity index (χ0n) is 8.18. The van der Waals surface area contributed by atoms with Gasteiger partial charge in [-0.2, -0.15) is 0 Å². The summed E-state index contributed by atoms with van der Waals surface area (Å²) in [6.45, 7) is 0. The highest BCUT2D eigenvalue weighted by Gasteiger charge is 2.06. The Balaban J connectivity index is 2.08. The van der Waals surface area contributed by atoms with Crippen LogP contribution in [0.1, 0.15) is 5.76 Å². The molecule has 0 bridgehead atoms. The predicted octanol–water partition coefficient (Wildman–Crippen LogP) is 2.41. The molecule has 0 atom stereocenters. The van der Waals surface area contributed by atoms with Crippen LogP contribution in [-0.2, 0) is 5.75 Å². The molecule has 2 aromatic heterocycles. The van der Waals surface area contributed by atoms with Gasteiger partial charge in [0.25, 0.3) is 0 Å². The molecule has 0 saturated carbocycles. The number of nitrogens with one attached hydrogen (secondary N) is 1.